The number of piperazine rings is 1. The van der Waals surface area contributed by atoms with Crippen molar-refractivity contribution in [3.63, 3.8) is 0 Å². The Morgan fingerprint density at radius 3 is 2.80 bits per heavy atom. The second-order valence-corrected chi connectivity index (χ2v) is 5.63. The Balaban J connectivity index is 2.23. The molecule has 1 aliphatic heterocycles. The van der Waals surface area contributed by atoms with Gasteiger partial charge in [0, 0.05) is 19.5 Å². The molecule has 0 spiro atoms. The Bertz CT molecular complexity index is 318. The largest absolute Gasteiger partial charge is 0.466 e. The predicted molar refractivity (Wildman–Crippen MR) is 78.3 cm³/mol. The summed E-state index contributed by atoms with van der Waals surface area (Å²) in [5.74, 6) is 0.373. The Morgan fingerprint density at radius 1 is 1.40 bits per heavy atom. The van der Waals surface area contributed by atoms with Gasteiger partial charge >= 0.3 is 5.97 Å². The minimum Gasteiger partial charge on any atom is -0.466 e. The number of hydrogen-bond donors (Lipinski definition) is 1. The molecule has 1 heterocycles. The van der Waals surface area contributed by atoms with E-state index in [9.17, 15) is 9.59 Å². The summed E-state index contributed by atoms with van der Waals surface area (Å²) in [6.45, 7) is 9.05. The maximum Gasteiger partial charge on any atom is 0.305 e. The molecule has 1 fully saturated rings. The maximum atomic E-state index is 11.9. The summed E-state index contributed by atoms with van der Waals surface area (Å²) in [6, 6.07) is -0.00573. The first-order valence-corrected chi connectivity index (χ1v) is 7.73. The number of nitrogens with zero attached hydrogens (tertiary/aromatic N) is 1. The van der Waals surface area contributed by atoms with Gasteiger partial charge in [-0.2, -0.15) is 0 Å². The van der Waals surface area contributed by atoms with Gasteiger partial charge in [-0.25, -0.2) is 0 Å². The zero-order valence-electron chi connectivity index (χ0n) is 13.0. The van der Waals surface area contributed by atoms with Crippen LogP contribution in [0.3, 0.4) is 0 Å². The minimum atomic E-state index is -0.107. The first-order chi connectivity index (χ1) is 9.56. The molecule has 0 radical (unpaired) electrons. The highest BCUT2D eigenvalue weighted by molar-refractivity contribution is 5.82. The first kappa shape index (κ1) is 17.0. The van der Waals surface area contributed by atoms with E-state index in [1.165, 1.54) is 0 Å². The fraction of sp³-hybridized carbons (Fsp3) is 0.867. The van der Waals surface area contributed by atoms with Crippen LogP contribution in [0, 0.1) is 5.92 Å². The zero-order chi connectivity index (χ0) is 15.0. The summed E-state index contributed by atoms with van der Waals surface area (Å²) in [4.78, 5) is 25.4. The molecule has 1 aliphatic rings. The van der Waals surface area contributed by atoms with Crippen LogP contribution in [0.5, 0.6) is 0 Å². The van der Waals surface area contributed by atoms with Gasteiger partial charge in [0.25, 0.3) is 0 Å². The van der Waals surface area contributed by atoms with Crippen LogP contribution < -0.4 is 5.32 Å². The Kier molecular flexibility index (Phi) is 7.59. The Hall–Kier alpha value is -1.10. The Morgan fingerprint density at radius 2 is 2.15 bits per heavy atom. The number of ether oxygens (including phenoxy) is 1. The van der Waals surface area contributed by atoms with E-state index in [2.05, 4.69) is 24.1 Å². The van der Waals surface area contributed by atoms with Crippen molar-refractivity contribution in [2.45, 2.75) is 52.5 Å². The average Bonchev–Trinajstić information content (AvgIpc) is 2.38. The van der Waals surface area contributed by atoms with Gasteiger partial charge in [0.2, 0.25) is 5.91 Å². The molecule has 20 heavy (non-hydrogen) atoms. The summed E-state index contributed by atoms with van der Waals surface area (Å²) < 4.78 is 4.90. The number of nitrogens with one attached hydrogen (secondary N) is 1. The van der Waals surface area contributed by atoms with Crippen LogP contribution in [0.25, 0.3) is 0 Å². The lowest BCUT2D eigenvalue weighted by Crippen LogP contribution is -2.57. The summed E-state index contributed by atoms with van der Waals surface area (Å²) in [5.41, 5.74) is 0. The van der Waals surface area contributed by atoms with E-state index >= 15 is 0 Å². The number of rotatable bonds is 8. The average molecular weight is 284 g/mol. The first-order valence-electron chi connectivity index (χ1n) is 7.73. The standard InChI is InChI=1S/C15H28N2O3/c1-4-20-13(18)8-6-5-7-10-17-11-9-16-15(19)14(17)12(2)3/h12,14H,4-11H2,1-3H3,(H,16,19). The molecule has 0 aromatic carbocycles. The van der Waals surface area contributed by atoms with Crippen molar-refractivity contribution in [1.29, 1.82) is 0 Å². The molecule has 0 aromatic rings. The summed E-state index contributed by atoms with van der Waals surface area (Å²) in [6.07, 6.45) is 3.39. The lowest BCUT2D eigenvalue weighted by molar-refractivity contribution is -0.143. The molecule has 1 unspecified atom stereocenters. The third-order valence-corrected chi connectivity index (χ3v) is 3.62. The lowest BCUT2D eigenvalue weighted by atomic mass is 9.99. The van der Waals surface area contributed by atoms with Gasteiger partial charge in [0.1, 0.15) is 0 Å². The highest BCUT2D eigenvalue weighted by atomic mass is 16.5. The topological polar surface area (TPSA) is 58.6 Å². The third kappa shape index (κ3) is 5.49. The fourth-order valence-corrected chi connectivity index (χ4v) is 2.70. The van der Waals surface area contributed by atoms with Crippen LogP contribution in [0.2, 0.25) is 0 Å². The number of esters is 1. The van der Waals surface area contributed by atoms with Gasteiger partial charge in [-0.1, -0.05) is 20.3 Å². The van der Waals surface area contributed by atoms with Crippen LogP contribution in [-0.4, -0.2) is 49.1 Å². The monoisotopic (exact) mass is 284 g/mol. The number of carbonyl (C=O) groups is 2. The smallest absolute Gasteiger partial charge is 0.305 e. The molecule has 1 N–H and O–H groups in total. The normalized spacial score (nSPS) is 20.0. The second kappa shape index (κ2) is 8.95. The quantitative estimate of drug-likeness (QED) is 0.543. The summed E-state index contributed by atoms with van der Waals surface area (Å²) >= 11 is 0. The van der Waals surface area contributed by atoms with Crippen LogP contribution in [-0.2, 0) is 14.3 Å². The van der Waals surface area contributed by atoms with Crippen LogP contribution >= 0.6 is 0 Å². The van der Waals surface area contributed by atoms with E-state index in [0.29, 0.717) is 18.9 Å². The van der Waals surface area contributed by atoms with Crippen molar-refractivity contribution in [3.8, 4) is 0 Å². The third-order valence-electron chi connectivity index (χ3n) is 3.62. The molecule has 5 nitrogen and oxygen atoms in total. The maximum absolute atomic E-state index is 11.9. The molecule has 1 amide bonds. The van der Waals surface area contributed by atoms with E-state index in [4.69, 9.17) is 4.74 Å². The summed E-state index contributed by atoms with van der Waals surface area (Å²) in [7, 11) is 0. The second-order valence-electron chi connectivity index (χ2n) is 5.63. The molecule has 0 saturated carbocycles. The molecular weight excluding hydrogens is 256 g/mol. The number of amides is 1. The van der Waals surface area contributed by atoms with Gasteiger partial charge in [0.05, 0.1) is 12.6 Å². The minimum absolute atomic E-state index is 0.00573. The van der Waals surface area contributed by atoms with Crippen molar-refractivity contribution < 1.29 is 14.3 Å². The molecule has 0 aliphatic carbocycles. The van der Waals surface area contributed by atoms with Crippen molar-refractivity contribution in [1.82, 2.24) is 10.2 Å². The fourth-order valence-electron chi connectivity index (χ4n) is 2.70. The summed E-state index contributed by atoms with van der Waals surface area (Å²) in [5, 5.41) is 2.93. The number of hydrogen-bond acceptors (Lipinski definition) is 4. The van der Waals surface area contributed by atoms with Crippen molar-refractivity contribution in [3.05, 3.63) is 0 Å². The van der Waals surface area contributed by atoms with E-state index in [1.807, 2.05) is 6.92 Å². The van der Waals surface area contributed by atoms with E-state index < -0.39 is 0 Å². The van der Waals surface area contributed by atoms with Crippen LogP contribution in [0.1, 0.15) is 46.5 Å². The van der Waals surface area contributed by atoms with E-state index in [-0.39, 0.29) is 17.9 Å². The van der Waals surface area contributed by atoms with E-state index in [1.54, 1.807) is 0 Å². The van der Waals surface area contributed by atoms with Crippen molar-refractivity contribution in [2.75, 3.05) is 26.2 Å². The van der Waals surface area contributed by atoms with Gasteiger partial charge in [0.15, 0.2) is 0 Å². The van der Waals surface area contributed by atoms with Gasteiger partial charge < -0.3 is 10.1 Å². The van der Waals surface area contributed by atoms with Gasteiger partial charge in [-0.05, 0) is 32.2 Å². The lowest BCUT2D eigenvalue weighted by Gasteiger charge is -2.37. The molecular formula is C15H28N2O3. The molecule has 1 rings (SSSR count). The molecule has 1 atom stereocenters. The molecule has 5 heteroatoms. The van der Waals surface area contributed by atoms with Crippen LogP contribution in [0.4, 0.5) is 0 Å². The number of unbranched alkanes of at least 4 members (excludes halogenated alkanes) is 2. The molecule has 1 saturated heterocycles. The predicted octanol–water partition coefficient (Wildman–Crippen LogP) is 1.57. The van der Waals surface area contributed by atoms with Gasteiger partial charge in [-0.15, -0.1) is 0 Å². The molecule has 0 bridgehead atoms. The number of carbonyl (C=O) groups excluding carboxylic acids is 2. The van der Waals surface area contributed by atoms with Crippen LogP contribution in [0.15, 0.2) is 0 Å². The van der Waals surface area contributed by atoms with Gasteiger partial charge in [-0.3, -0.25) is 14.5 Å². The zero-order valence-corrected chi connectivity index (χ0v) is 13.0. The molecule has 116 valence electrons. The highest BCUT2D eigenvalue weighted by Crippen LogP contribution is 2.15. The highest BCUT2D eigenvalue weighted by Gasteiger charge is 2.31. The van der Waals surface area contributed by atoms with Crippen molar-refractivity contribution >= 4 is 11.9 Å². The molecule has 0 aromatic heterocycles. The SMILES string of the molecule is CCOC(=O)CCCCCN1CCNC(=O)C1C(C)C. The van der Waals surface area contributed by atoms with Crippen molar-refractivity contribution in [2.24, 2.45) is 5.92 Å². The Labute approximate surface area is 122 Å². The van der Waals surface area contributed by atoms with E-state index in [0.717, 1.165) is 38.9 Å².